The van der Waals surface area contributed by atoms with Crippen LogP contribution in [0.15, 0.2) is 0 Å². The second-order valence-electron chi connectivity index (χ2n) is 3.99. The quantitative estimate of drug-likeness (QED) is 0.620. The zero-order valence-electron chi connectivity index (χ0n) is 8.11. The molecule has 1 aliphatic heterocycles. The summed E-state index contributed by atoms with van der Waals surface area (Å²) in [5.74, 6) is 1.47. The van der Waals surface area contributed by atoms with Gasteiger partial charge in [-0.2, -0.15) is 0 Å². The van der Waals surface area contributed by atoms with Gasteiger partial charge in [0.1, 0.15) is 0 Å². The van der Waals surface area contributed by atoms with Crippen LogP contribution in [-0.2, 0) is 4.74 Å². The molecule has 1 nitrogen and oxygen atoms in total. The largest absolute Gasteiger partial charge is 0.381 e. The van der Waals surface area contributed by atoms with Crippen molar-refractivity contribution in [3.8, 4) is 0 Å². The van der Waals surface area contributed by atoms with Gasteiger partial charge >= 0.3 is 0 Å². The molecule has 2 heteroatoms. The molecule has 0 aliphatic carbocycles. The summed E-state index contributed by atoms with van der Waals surface area (Å²) < 4.78 is 5.43. The molecule has 2 unspecified atom stereocenters. The lowest BCUT2D eigenvalue weighted by atomic mass is 9.75. The smallest absolute Gasteiger partial charge is 0.0537 e. The molecule has 1 heterocycles. The summed E-state index contributed by atoms with van der Waals surface area (Å²) in [5, 5.41) is 0. The minimum Gasteiger partial charge on any atom is -0.381 e. The van der Waals surface area contributed by atoms with Crippen molar-refractivity contribution in [2.75, 3.05) is 19.1 Å². The van der Waals surface area contributed by atoms with E-state index >= 15 is 0 Å². The second kappa shape index (κ2) is 4.48. The van der Waals surface area contributed by atoms with Gasteiger partial charge in [-0.15, -0.1) is 11.6 Å². The lowest BCUT2D eigenvalue weighted by Crippen LogP contribution is -2.31. The van der Waals surface area contributed by atoms with Gasteiger partial charge in [0.25, 0.3) is 0 Å². The van der Waals surface area contributed by atoms with Crippen LogP contribution in [0.25, 0.3) is 0 Å². The highest BCUT2D eigenvalue weighted by atomic mass is 35.5. The van der Waals surface area contributed by atoms with Gasteiger partial charge in [-0.3, -0.25) is 0 Å². The van der Waals surface area contributed by atoms with E-state index in [1.807, 2.05) is 0 Å². The highest BCUT2D eigenvalue weighted by Crippen LogP contribution is 2.39. The first-order valence-electron chi connectivity index (χ1n) is 4.89. The van der Waals surface area contributed by atoms with Crippen LogP contribution in [0.2, 0.25) is 0 Å². The Morgan fingerprint density at radius 1 is 1.58 bits per heavy atom. The number of alkyl halides is 1. The second-order valence-corrected chi connectivity index (χ2v) is 4.26. The number of ether oxygens (including phenoxy) is 1. The van der Waals surface area contributed by atoms with Crippen molar-refractivity contribution in [2.24, 2.45) is 11.3 Å². The monoisotopic (exact) mass is 190 g/mol. The molecule has 72 valence electrons. The molecule has 2 atom stereocenters. The minimum absolute atomic E-state index is 0.289. The standard InChI is InChI=1S/C10H19ClO/c1-3-4-9(2)10(7-11)5-6-12-8-10/h9H,3-8H2,1-2H3. The van der Waals surface area contributed by atoms with E-state index < -0.39 is 0 Å². The van der Waals surface area contributed by atoms with Crippen molar-refractivity contribution in [3.05, 3.63) is 0 Å². The first-order chi connectivity index (χ1) is 5.75. The Morgan fingerprint density at radius 3 is 2.75 bits per heavy atom. The summed E-state index contributed by atoms with van der Waals surface area (Å²) in [4.78, 5) is 0. The van der Waals surface area contributed by atoms with Gasteiger partial charge < -0.3 is 4.74 Å². The summed E-state index contributed by atoms with van der Waals surface area (Å²) >= 11 is 6.02. The normalized spacial score (nSPS) is 32.2. The summed E-state index contributed by atoms with van der Waals surface area (Å²) in [6.45, 7) is 6.31. The molecule has 0 spiro atoms. The SMILES string of the molecule is CCCC(C)C1(CCl)CCOC1. The molecule has 0 bridgehead atoms. The van der Waals surface area contributed by atoms with E-state index in [1.165, 1.54) is 12.8 Å². The van der Waals surface area contributed by atoms with Crippen molar-refractivity contribution in [2.45, 2.75) is 33.1 Å². The number of hydrogen-bond acceptors (Lipinski definition) is 1. The molecular formula is C10H19ClO. The molecule has 0 radical (unpaired) electrons. The van der Waals surface area contributed by atoms with E-state index in [4.69, 9.17) is 16.3 Å². The van der Waals surface area contributed by atoms with E-state index in [0.717, 1.165) is 25.5 Å². The maximum atomic E-state index is 6.02. The Kier molecular flexibility index (Phi) is 3.85. The van der Waals surface area contributed by atoms with Crippen LogP contribution in [0.4, 0.5) is 0 Å². The van der Waals surface area contributed by atoms with Gasteiger partial charge in [0, 0.05) is 17.9 Å². The molecular weight excluding hydrogens is 172 g/mol. The number of halogens is 1. The highest BCUT2D eigenvalue weighted by molar-refractivity contribution is 6.18. The summed E-state index contributed by atoms with van der Waals surface area (Å²) in [7, 11) is 0. The maximum Gasteiger partial charge on any atom is 0.0537 e. The van der Waals surface area contributed by atoms with Gasteiger partial charge in [0.15, 0.2) is 0 Å². The third-order valence-electron chi connectivity index (χ3n) is 3.17. The summed E-state index contributed by atoms with van der Waals surface area (Å²) in [6.07, 6.45) is 3.67. The first-order valence-corrected chi connectivity index (χ1v) is 5.42. The lowest BCUT2D eigenvalue weighted by Gasteiger charge is -2.31. The van der Waals surface area contributed by atoms with Crippen molar-refractivity contribution in [3.63, 3.8) is 0 Å². The van der Waals surface area contributed by atoms with Gasteiger partial charge in [0.2, 0.25) is 0 Å². The Hall–Kier alpha value is 0.250. The molecule has 1 rings (SSSR count). The Balaban J connectivity index is 2.52. The fourth-order valence-electron chi connectivity index (χ4n) is 1.99. The molecule has 0 aromatic rings. The van der Waals surface area contributed by atoms with Crippen LogP contribution >= 0.6 is 11.6 Å². The van der Waals surface area contributed by atoms with Crippen LogP contribution in [0.5, 0.6) is 0 Å². The van der Waals surface area contributed by atoms with Crippen LogP contribution < -0.4 is 0 Å². The molecule has 1 saturated heterocycles. The maximum absolute atomic E-state index is 6.02. The average Bonchev–Trinajstić information content (AvgIpc) is 2.54. The molecule has 1 fully saturated rings. The Bertz CT molecular complexity index is 130. The van der Waals surface area contributed by atoms with Crippen molar-refractivity contribution >= 4 is 11.6 Å². The summed E-state index contributed by atoms with van der Waals surface area (Å²) in [6, 6.07) is 0. The van der Waals surface area contributed by atoms with Crippen molar-refractivity contribution in [1.29, 1.82) is 0 Å². The minimum atomic E-state index is 0.289. The molecule has 0 aromatic heterocycles. The molecule has 0 aromatic carbocycles. The van der Waals surface area contributed by atoms with Crippen LogP contribution in [-0.4, -0.2) is 19.1 Å². The topological polar surface area (TPSA) is 9.23 Å². The van der Waals surface area contributed by atoms with Gasteiger partial charge in [0.05, 0.1) is 6.61 Å². The lowest BCUT2D eigenvalue weighted by molar-refractivity contribution is 0.125. The highest BCUT2D eigenvalue weighted by Gasteiger charge is 2.38. The number of hydrogen-bond donors (Lipinski definition) is 0. The zero-order valence-corrected chi connectivity index (χ0v) is 8.86. The zero-order chi connectivity index (χ0) is 9.03. The van der Waals surface area contributed by atoms with Crippen molar-refractivity contribution < 1.29 is 4.74 Å². The summed E-state index contributed by atoms with van der Waals surface area (Å²) in [5.41, 5.74) is 0.289. The van der Waals surface area contributed by atoms with E-state index in [-0.39, 0.29) is 5.41 Å². The van der Waals surface area contributed by atoms with E-state index in [9.17, 15) is 0 Å². The molecule has 1 aliphatic rings. The number of rotatable bonds is 4. The molecule has 0 amide bonds. The van der Waals surface area contributed by atoms with Gasteiger partial charge in [-0.05, 0) is 12.3 Å². The van der Waals surface area contributed by atoms with Crippen LogP contribution in [0.1, 0.15) is 33.1 Å². The average molecular weight is 191 g/mol. The van der Waals surface area contributed by atoms with E-state index in [1.54, 1.807) is 0 Å². The predicted octanol–water partition coefficient (Wildman–Crippen LogP) is 3.07. The van der Waals surface area contributed by atoms with Crippen molar-refractivity contribution in [1.82, 2.24) is 0 Å². The fraction of sp³-hybridized carbons (Fsp3) is 1.00. The third-order valence-corrected chi connectivity index (χ3v) is 3.70. The Labute approximate surface area is 80.4 Å². The molecule has 0 saturated carbocycles. The van der Waals surface area contributed by atoms with E-state index in [2.05, 4.69) is 13.8 Å². The molecule has 12 heavy (non-hydrogen) atoms. The Morgan fingerprint density at radius 2 is 2.33 bits per heavy atom. The third kappa shape index (κ3) is 1.94. The predicted molar refractivity (Wildman–Crippen MR) is 52.7 cm³/mol. The van der Waals surface area contributed by atoms with Crippen LogP contribution in [0.3, 0.4) is 0 Å². The van der Waals surface area contributed by atoms with Crippen LogP contribution in [0, 0.1) is 11.3 Å². The van der Waals surface area contributed by atoms with E-state index in [0.29, 0.717) is 5.92 Å². The van der Waals surface area contributed by atoms with Gasteiger partial charge in [-0.25, -0.2) is 0 Å². The fourth-order valence-corrected chi connectivity index (χ4v) is 2.46. The molecule has 0 N–H and O–H groups in total. The van der Waals surface area contributed by atoms with Gasteiger partial charge in [-0.1, -0.05) is 26.7 Å². The first kappa shape index (κ1) is 10.3.